The molecule has 2 amide bonds. The second-order valence-electron chi connectivity index (χ2n) is 9.24. The predicted octanol–water partition coefficient (Wildman–Crippen LogP) is 2.48. The number of aryl methyl sites for hydroxylation is 2. The van der Waals surface area contributed by atoms with Gasteiger partial charge in [-0.3, -0.25) is 9.59 Å². The zero-order chi connectivity index (χ0) is 25.0. The van der Waals surface area contributed by atoms with E-state index in [9.17, 15) is 19.5 Å². The lowest BCUT2D eigenvalue weighted by molar-refractivity contribution is -0.862. The van der Waals surface area contributed by atoms with E-state index in [1.54, 1.807) is 12.1 Å². The van der Waals surface area contributed by atoms with Crippen LogP contribution in [0.5, 0.6) is 5.75 Å². The van der Waals surface area contributed by atoms with Crippen LogP contribution in [0.3, 0.4) is 0 Å². The molecule has 0 radical (unpaired) electrons. The van der Waals surface area contributed by atoms with Crippen molar-refractivity contribution in [1.29, 1.82) is 0 Å². The number of benzene rings is 2. The summed E-state index contributed by atoms with van der Waals surface area (Å²) in [6.07, 6.45) is -0.0474. The number of hydrogen-bond acceptors (Lipinski definition) is 6. The normalized spacial score (nSPS) is 12.0. The summed E-state index contributed by atoms with van der Waals surface area (Å²) >= 11 is 0. The fourth-order valence-electron chi connectivity index (χ4n) is 3.33. The molecule has 0 fully saturated rings. The first-order chi connectivity index (χ1) is 15.9. The van der Waals surface area contributed by atoms with Crippen molar-refractivity contribution in [2.75, 3.05) is 33.0 Å². The average molecular weight is 466 g/mol. The van der Waals surface area contributed by atoms with Crippen molar-refractivity contribution in [3.8, 4) is 5.75 Å². The zero-order valence-electron chi connectivity index (χ0n) is 19.9. The standard InChI is InChI=1S/C25H28N4O5/c1-15-6-7-18(10-16(15)2)26-25(33)21(27-28-23(31)14-29(3,4)5)11-17-12-24(32)34-22-13-19(30)8-9-20(17)22/h6-10,12-13H,11,14H2,1-5H3,(H2-,26,28,30,31,32,33)/p+1. The number of anilines is 1. The smallest absolute Gasteiger partial charge is 0.336 e. The Labute approximate surface area is 197 Å². The summed E-state index contributed by atoms with van der Waals surface area (Å²) in [6, 6.07) is 11.2. The average Bonchev–Trinajstić information content (AvgIpc) is 2.71. The molecular weight excluding hydrogens is 436 g/mol. The number of carbonyl (C=O) groups is 2. The van der Waals surface area contributed by atoms with E-state index in [0.29, 0.717) is 21.1 Å². The third-order valence-electron chi connectivity index (χ3n) is 5.13. The molecule has 0 saturated carbocycles. The van der Waals surface area contributed by atoms with Crippen molar-refractivity contribution in [3.05, 3.63) is 69.6 Å². The van der Waals surface area contributed by atoms with E-state index < -0.39 is 11.5 Å². The molecule has 0 aliphatic rings. The van der Waals surface area contributed by atoms with Crippen LogP contribution in [0.15, 0.2) is 56.8 Å². The first-order valence-corrected chi connectivity index (χ1v) is 10.7. The monoisotopic (exact) mass is 465 g/mol. The molecular formula is C25H29N4O5+. The van der Waals surface area contributed by atoms with Gasteiger partial charge in [0.25, 0.3) is 11.8 Å². The van der Waals surface area contributed by atoms with Gasteiger partial charge in [0.05, 0.1) is 21.1 Å². The van der Waals surface area contributed by atoms with Crippen LogP contribution in [0.1, 0.15) is 16.7 Å². The van der Waals surface area contributed by atoms with Crippen LogP contribution in [0.2, 0.25) is 0 Å². The highest BCUT2D eigenvalue weighted by atomic mass is 16.4. The number of hydrazone groups is 1. The number of likely N-dealkylation sites (N-methyl/N-ethyl adjacent to an activating group) is 1. The summed E-state index contributed by atoms with van der Waals surface area (Å²) in [5, 5.41) is 17.2. The summed E-state index contributed by atoms with van der Waals surface area (Å²) < 4.78 is 5.56. The minimum absolute atomic E-state index is 0.00737. The van der Waals surface area contributed by atoms with Gasteiger partial charge >= 0.3 is 5.63 Å². The molecule has 3 aromatic rings. The van der Waals surface area contributed by atoms with Gasteiger partial charge in [-0.25, -0.2) is 10.2 Å². The van der Waals surface area contributed by atoms with Gasteiger partial charge in [-0.1, -0.05) is 6.07 Å². The van der Waals surface area contributed by atoms with Gasteiger partial charge in [0.15, 0.2) is 6.54 Å². The quantitative estimate of drug-likeness (QED) is 0.214. The Bertz CT molecular complexity index is 1340. The minimum atomic E-state index is -0.629. The number of rotatable bonds is 7. The van der Waals surface area contributed by atoms with E-state index in [1.807, 2.05) is 47.1 Å². The second kappa shape index (κ2) is 9.88. The fourth-order valence-corrected chi connectivity index (χ4v) is 3.33. The second-order valence-corrected chi connectivity index (χ2v) is 9.24. The molecule has 0 spiro atoms. The molecule has 0 bridgehead atoms. The first-order valence-electron chi connectivity index (χ1n) is 10.7. The lowest BCUT2D eigenvalue weighted by Gasteiger charge is -2.22. The number of phenols is 1. The van der Waals surface area contributed by atoms with Crippen LogP contribution in [-0.4, -0.2) is 54.8 Å². The lowest BCUT2D eigenvalue weighted by Crippen LogP contribution is -2.43. The lowest BCUT2D eigenvalue weighted by atomic mass is 10.0. The Balaban J connectivity index is 1.96. The van der Waals surface area contributed by atoms with Gasteiger partial charge in [-0.15, -0.1) is 0 Å². The Morgan fingerprint density at radius 2 is 1.76 bits per heavy atom. The molecule has 1 heterocycles. The van der Waals surface area contributed by atoms with E-state index in [4.69, 9.17) is 4.42 Å². The summed E-state index contributed by atoms with van der Waals surface area (Å²) in [5.74, 6) is -0.929. The van der Waals surface area contributed by atoms with E-state index in [-0.39, 0.29) is 35.9 Å². The van der Waals surface area contributed by atoms with Gasteiger partial charge in [0, 0.05) is 29.6 Å². The summed E-state index contributed by atoms with van der Waals surface area (Å²) in [6.45, 7) is 4.07. The molecule has 0 unspecified atom stereocenters. The molecule has 0 atom stereocenters. The maximum absolute atomic E-state index is 13.1. The third kappa shape index (κ3) is 6.52. The molecule has 3 rings (SSSR count). The van der Waals surface area contributed by atoms with Gasteiger partial charge in [0.2, 0.25) is 0 Å². The minimum Gasteiger partial charge on any atom is -0.508 e. The van der Waals surface area contributed by atoms with E-state index in [1.165, 1.54) is 18.2 Å². The number of fused-ring (bicyclic) bond motifs is 1. The van der Waals surface area contributed by atoms with Crippen molar-refractivity contribution in [2.45, 2.75) is 20.3 Å². The molecule has 34 heavy (non-hydrogen) atoms. The van der Waals surface area contributed by atoms with Crippen molar-refractivity contribution in [3.63, 3.8) is 0 Å². The van der Waals surface area contributed by atoms with Crippen LogP contribution >= 0.6 is 0 Å². The van der Waals surface area contributed by atoms with Crippen LogP contribution in [-0.2, 0) is 16.0 Å². The molecule has 0 aliphatic heterocycles. The van der Waals surface area contributed by atoms with Gasteiger partial charge in [-0.2, -0.15) is 5.10 Å². The van der Waals surface area contributed by atoms with E-state index in [0.717, 1.165) is 11.1 Å². The Morgan fingerprint density at radius 3 is 2.44 bits per heavy atom. The van der Waals surface area contributed by atoms with Crippen molar-refractivity contribution >= 4 is 34.2 Å². The largest absolute Gasteiger partial charge is 0.508 e. The van der Waals surface area contributed by atoms with Gasteiger partial charge in [-0.05, 0) is 54.8 Å². The van der Waals surface area contributed by atoms with E-state index >= 15 is 0 Å². The van der Waals surface area contributed by atoms with Crippen LogP contribution in [0, 0.1) is 13.8 Å². The van der Waals surface area contributed by atoms with Crippen LogP contribution in [0.4, 0.5) is 5.69 Å². The predicted molar refractivity (Wildman–Crippen MR) is 131 cm³/mol. The van der Waals surface area contributed by atoms with E-state index in [2.05, 4.69) is 15.8 Å². The van der Waals surface area contributed by atoms with Gasteiger partial charge < -0.3 is 19.3 Å². The Hall–Kier alpha value is -3.98. The zero-order valence-corrected chi connectivity index (χ0v) is 19.9. The molecule has 9 heteroatoms. The highest BCUT2D eigenvalue weighted by Gasteiger charge is 2.19. The Kier molecular flexibility index (Phi) is 7.17. The molecule has 0 saturated heterocycles. The fraction of sp³-hybridized carbons (Fsp3) is 0.280. The number of nitrogens with zero attached hydrogens (tertiary/aromatic N) is 2. The van der Waals surface area contributed by atoms with Crippen molar-refractivity contribution < 1.29 is 23.6 Å². The number of aromatic hydroxyl groups is 1. The highest BCUT2D eigenvalue weighted by molar-refractivity contribution is 6.43. The number of nitrogens with one attached hydrogen (secondary N) is 2. The van der Waals surface area contributed by atoms with Gasteiger partial charge in [0.1, 0.15) is 17.0 Å². The highest BCUT2D eigenvalue weighted by Crippen LogP contribution is 2.22. The molecule has 0 aliphatic carbocycles. The number of quaternary nitrogens is 1. The van der Waals surface area contributed by atoms with Crippen molar-refractivity contribution in [1.82, 2.24) is 5.43 Å². The van der Waals surface area contributed by atoms with Crippen LogP contribution in [0.25, 0.3) is 11.0 Å². The topological polar surface area (TPSA) is 121 Å². The van der Waals surface area contributed by atoms with Crippen molar-refractivity contribution in [2.24, 2.45) is 5.10 Å². The van der Waals surface area contributed by atoms with Crippen LogP contribution < -0.4 is 16.4 Å². The molecule has 9 nitrogen and oxygen atoms in total. The number of carbonyl (C=O) groups excluding carboxylic acids is 2. The molecule has 178 valence electrons. The first kappa shape index (κ1) is 24.7. The summed E-state index contributed by atoms with van der Waals surface area (Å²) in [7, 11) is 5.59. The molecule has 1 aromatic heterocycles. The number of amides is 2. The number of phenolic OH excluding ortho intramolecular Hbond substituents is 1. The molecule has 2 aromatic carbocycles. The third-order valence-corrected chi connectivity index (χ3v) is 5.13. The maximum atomic E-state index is 13.1. The summed E-state index contributed by atoms with van der Waals surface area (Å²) in [5.41, 5.74) is 5.17. The Morgan fingerprint density at radius 1 is 1.03 bits per heavy atom. The SMILES string of the molecule is Cc1ccc(NC(=O)/C(Cc2cc(=O)oc3cc(O)ccc23)=N/NC(=O)C[N+](C)(C)C)cc1C. The maximum Gasteiger partial charge on any atom is 0.336 e. The summed E-state index contributed by atoms with van der Waals surface area (Å²) in [4.78, 5) is 37.6. The number of hydrogen-bond donors (Lipinski definition) is 3. The molecule has 3 N–H and O–H groups in total.